The summed E-state index contributed by atoms with van der Waals surface area (Å²) in [4.78, 5) is 17.5. The lowest BCUT2D eigenvalue weighted by Crippen LogP contribution is -2.43. The van der Waals surface area contributed by atoms with E-state index < -0.39 is 0 Å². The van der Waals surface area contributed by atoms with E-state index in [9.17, 15) is 4.79 Å². The highest BCUT2D eigenvalue weighted by atomic mass is 35.5. The first kappa shape index (κ1) is 20.9. The van der Waals surface area contributed by atoms with Gasteiger partial charge < -0.3 is 20.4 Å². The Morgan fingerprint density at radius 3 is 2.57 bits per heavy atom. The molecule has 4 rings (SSSR count). The van der Waals surface area contributed by atoms with E-state index in [1.54, 1.807) is 0 Å². The van der Waals surface area contributed by atoms with E-state index in [4.69, 9.17) is 11.6 Å². The molecule has 0 aromatic heterocycles. The summed E-state index contributed by atoms with van der Waals surface area (Å²) in [5.74, 6) is -0.182. The van der Waals surface area contributed by atoms with E-state index in [0.717, 1.165) is 62.5 Å². The first-order chi connectivity index (χ1) is 14.5. The Balaban J connectivity index is 1.46. The Morgan fingerprint density at radius 1 is 1.10 bits per heavy atom. The van der Waals surface area contributed by atoms with E-state index in [1.165, 1.54) is 11.3 Å². The fourth-order valence-corrected chi connectivity index (χ4v) is 4.39. The van der Waals surface area contributed by atoms with Gasteiger partial charge >= 0.3 is 0 Å². The molecule has 0 radical (unpaired) electrons. The van der Waals surface area contributed by atoms with Gasteiger partial charge in [-0.1, -0.05) is 23.7 Å². The van der Waals surface area contributed by atoms with Gasteiger partial charge in [-0.05, 0) is 67.4 Å². The van der Waals surface area contributed by atoms with Gasteiger partial charge in [0, 0.05) is 50.6 Å². The van der Waals surface area contributed by atoms with Gasteiger partial charge in [0.1, 0.15) is 0 Å². The van der Waals surface area contributed by atoms with Gasteiger partial charge in [-0.3, -0.25) is 4.79 Å². The first-order valence-corrected chi connectivity index (χ1v) is 10.9. The number of carbonyl (C=O) groups excluding carboxylic acids is 1. The predicted octanol–water partition coefficient (Wildman–Crippen LogP) is 4.03. The molecule has 1 saturated heterocycles. The lowest BCUT2D eigenvalue weighted by Gasteiger charge is -2.30. The van der Waals surface area contributed by atoms with Crippen molar-refractivity contribution in [2.45, 2.75) is 13.3 Å². The van der Waals surface area contributed by atoms with Crippen molar-refractivity contribution in [2.75, 3.05) is 56.5 Å². The Morgan fingerprint density at radius 2 is 1.90 bits per heavy atom. The number of anilines is 2. The number of benzene rings is 2. The summed E-state index contributed by atoms with van der Waals surface area (Å²) >= 11 is 6.49. The van der Waals surface area contributed by atoms with Crippen molar-refractivity contribution < 1.29 is 4.79 Å². The molecular formula is C24H29ClN4O. The minimum Gasteiger partial charge on any atom is -0.369 e. The maximum Gasteiger partial charge on any atom is 0.257 e. The highest BCUT2D eigenvalue weighted by Crippen LogP contribution is 2.28. The molecule has 0 aliphatic carbocycles. The summed E-state index contributed by atoms with van der Waals surface area (Å²) in [6.45, 7) is 8.07. The molecule has 6 heteroatoms. The second kappa shape index (κ2) is 9.21. The molecule has 2 heterocycles. The smallest absolute Gasteiger partial charge is 0.257 e. The van der Waals surface area contributed by atoms with E-state index in [2.05, 4.69) is 46.5 Å². The van der Waals surface area contributed by atoms with Gasteiger partial charge in [0.2, 0.25) is 0 Å². The van der Waals surface area contributed by atoms with Crippen LogP contribution in [0.15, 0.2) is 42.5 Å². The van der Waals surface area contributed by atoms with Gasteiger partial charge in [-0.25, -0.2) is 0 Å². The number of rotatable bonds is 4. The molecular weight excluding hydrogens is 396 g/mol. The molecule has 1 amide bonds. The average Bonchev–Trinajstić information content (AvgIpc) is 2.75. The summed E-state index contributed by atoms with van der Waals surface area (Å²) in [5, 5.41) is 6.86. The van der Waals surface area contributed by atoms with Gasteiger partial charge in [-0.15, -0.1) is 0 Å². The Labute approximate surface area is 183 Å². The number of piperazine rings is 1. The monoisotopic (exact) mass is 424 g/mol. The topological polar surface area (TPSA) is 47.6 Å². The number of hydrogen-bond donors (Lipinski definition) is 2. The van der Waals surface area contributed by atoms with Crippen molar-refractivity contribution in [3.05, 3.63) is 64.2 Å². The van der Waals surface area contributed by atoms with Crippen LogP contribution in [0.4, 0.5) is 11.4 Å². The van der Waals surface area contributed by atoms with Crippen LogP contribution in [0.5, 0.6) is 0 Å². The SMILES string of the molecule is Cc1cc(NC(=O)c2ccc(C3=CCN(C)CC3)cc2Cl)ccc1N1CCNCC1. The molecule has 158 valence electrons. The molecule has 0 bridgehead atoms. The molecule has 2 aliphatic rings. The molecule has 2 aromatic carbocycles. The molecule has 2 aliphatic heterocycles. The Kier molecular flexibility index (Phi) is 6.42. The fraction of sp³-hybridized carbons (Fsp3) is 0.375. The van der Waals surface area contributed by atoms with Crippen molar-refractivity contribution in [1.82, 2.24) is 10.2 Å². The lowest BCUT2D eigenvalue weighted by molar-refractivity contribution is 0.102. The van der Waals surface area contributed by atoms with Gasteiger partial charge in [-0.2, -0.15) is 0 Å². The Bertz CT molecular complexity index is 966. The zero-order chi connectivity index (χ0) is 21.1. The molecule has 0 spiro atoms. The van der Waals surface area contributed by atoms with E-state index in [1.807, 2.05) is 30.3 Å². The average molecular weight is 425 g/mol. The van der Waals surface area contributed by atoms with E-state index in [-0.39, 0.29) is 5.91 Å². The number of nitrogens with zero attached hydrogens (tertiary/aromatic N) is 2. The van der Waals surface area contributed by atoms with Crippen molar-refractivity contribution in [1.29, 1.82) is 0 Å². The van der Waals surface area contributed by atoms with Crippen molar-refractivity contribution in [3.8, 4) is 0 Å². The van der Waals surface area contributed by atoms with Crippen LogP contribution in [0.3, 0.4) is 0 Å². The number of hydrogen-bond acceptors (Lipinski definition) is 4. The maximum absolute atomic E-state index is 12.8. The maximum atomic E-state index is 12.8. The zero-order valence-electron chi connectivity index (χ0n) is 17.7. The summed E-state index contributed by atoms with van der Waals surface area (Å²) < 4.78 is 0. The molecule has 2 N–H and O–H groups in total. The van der Waals surface area contributed by atoms with Crippen LogP contribution in [0.25, 0.3) is 5.57 Å². The van der Waals surface area contributed by atoms with Crippen LogP contribution in [-0.2, 0) is 0 Å². The van der Waals surface area contributed by atoms with Crippen molar-refractivity contribution in [2.24, 2.45) is 0 Å². The van der Waals surface area contributed by atoms with E-state index in [0.29, 0.717) is 10.6 Å². The quantitative estimate of drug-likeness (QED) is 0.778. The number of halogens is 1. The molecule has 0 unspecified atom stereocenters. The third kappa shape index (κ3) is 4.69. The van der Waals surface area contributed by atoms with Crippen molar-refractivity contribution in [3.63, 3.8) is 0 Å². The van der Waals surface area contributed by atoms with Crippen molar-refractivity contribution >= 4 is 34.5 Å². The van der Waals surface area contributed by atoms with Crippen LogP contribution in [0.2, 0.25) is 5.02 Å². The number of carbonyl (C=O) groups is 1. The van der Waals surface area contributed by atoms with Crippen LogP contribution >= 0.6 is 11.6 Å². The second-order valence-corrected chi connectivity index (χ2v) is 8.54. The molecule has 0 saturated carbocycles. The normalized spacial score (nSPS) is 17.6. The van der Waals surface area contributed by atoms with Crippen LogP contribution in [0.1, 0.15) is 27.9 Å². The van der Waals surface area contributed by atoms with Crippen LogP contribution in [-0.4, -0.2) is 57.1 Å². The summed E-state index contributed by atoms with van der Waals surface area (Å²) in [6, 6.07) is 11.8. The largest absolute Gasteiger partial charge is 0.369 e. The molecule has 5 nitrogen and oxygen atoms in total. The molecule has 30 heavy (non-hydrogen) atoms. The molecule has 2 aromatic rings. The predicted molar refractivity (Wildman–Crippen MR) is 126 cm³/mol. The number of amides is 1. The summed E-state index contributed by atoms with van der Waals surface area (Å²) in [5.41, 5.74) is 6.06. The van der Waals surface area contributed by atoms with Gasteiger partial charge in [0.25, 0.3) is 5.91 Å². The third-order valence-corrected chi connectivity index (χ3v) is 6.22. The van der Waals surface area contributed by atoms with E-state index >= 15 is 0 Å². The molecule has 0 atom stereocenters. The standard InChI is InChI=1S/C24H29ClN4O/c1-17-15-20(4-6-23(17)29-13-9-26-10-14-29)27-24(30)21-5-3-19(16-22(21)25)18-7-11-28(2)12-8-18/h3-7,15-16,26H,8-14H2,1-2H3,(H,27,30). The van der Waals surface area contributed by atoms with Crippen LogP contribution in [0, 0.1) is 6.92 Å². The highest BCUT2D eigenvalue weighted by Gasteiger charge is 2.16. The minimum atomic E-state index is -0.182. The zero-order valence-corrected chi connectivity index (χ0v) is 18.4. The number of aryl methyl sites for hydroxylation is 1. The Hall–Kier alpha value is -2.34. The summed E-state index contributed by atoms with van der Waals surface area (Å²) in [6.07, 6.45) is 3.23. The summed E-state index contributed by atoms with van der Waals surface area (Å²) in [7, 11) is 2.12. The third-order valence-electron chi connectivity index (χ3n) is 5.91. The highest BCUT2D eigenvalue weighted by molar-refractivity contribution is 6.34. The fourth-order valence-electron chi connectivity index (χ4n) is 4.12. The number of likely N-dealkylation sites (N-methyl/N-ethyl adjacent to an activating group) is 1. The lowest BCUT2D eigenvalue weighted by atomic mass is 9.98. The van der Waals surface area contributed by atoms with Gasteiger partial charge in [0.15, 0.2) is 0 Å². The second-order valence-electron chi connectivity index (χ2n) is 8.13. The minimum absolute atomic E-state index is 0.182. The van der Waals surface area contributed by atoms with Gasteiger partial charge in [0.05, 0.1) is 10.6 Å². The molecule has 1 fully saturated rings. The number of nitrogens with one attached hydrogen (secondary N) is 2. The van der Waals surface area contributed by atoms with Crippen LogP contribution < -0.4 is 15.5 Å². The first-order valence-electron chi connectivity index (χ1n) is 10.6.